The molecule has 0 aliphatic carbocycles. The molecule has 8 nitrogen and oxygen atoms in total. The van der Waals surface area contributed by atoms with E-state index < -0.39 is 4.92 Å². The third-order valence-corrected chi connectivity index (χ3v) is 3.29. The number of methoxy groups -OCH3 is 1. The smallest absolute Gasteiger partial charge is 0.311 e. The van der Waals surface area contributed by atoms with Crippen molar-refractivity contribution >= 4 is 17.6 Å². The lowest BCUT2D eigenvalue weighted by Crippen LogP contribution is -2.24. The fourth-order valence-corrected chi connectivity index (χ4v) is 2.08. The maximum Gasteiger partial charge on any atom is 0.311 e. The Balaban J connectivity index is 2.39. The molecule has 0 saturated carbocycles. The second-order valence-electron chi connectivity index (χ2n) is 5.02. The van der Waals surface area contributed by atoms with Crippen molar-refractivity contribution < 1.29 is 24.0 Å². The van der Waals surface area contributed by atoms with E-state index in [1.807, 2.05) is 0 Å². The van der Waals surface area contributed by atoms with E-state index in [1.54, 1.807) is 6.92 Å². The van der Waals surface area contributed by atoms with Gasteiger partial charge in [-0.2, -0.15) is 0 Å². The molecule has 0 bridgehead atoms. The summed E-state index contributed by atoms with van der Waals surface area (Å²) in [4.78, 5) is 33.5. The van der Waals surface area contributed by atoms with Gasteiger partial charge in [0.15, 0.2) is 5.75 Å². The Bertz CT molecular complexity index is 588. The molecule has 0 aromatic heterocycles. The van der Waals surface area contributed by atoms with Gasteiger partial charge in [-0.15, -0.1) is 0 Å². The van der Waals surface area contributed by atoms with Crippen LogP contribution in [0, 0.1) is 10.1 Å². The van der Waals surface area contributed by atoms with Gasteiger partial charge >= 0.3 is 11.7 Å². The maximum absolute atomic E-state index is 12.0. The van der Waals surface area contributed by atoms with E-state index in [0.29, 0.717) is 32.4 Å². The fraction of sp³-hybridized carbons (Fsp3) is 0.500. The summed E-state index contributed by atoms with van der Waals surface area (Å²) in [6, 6.07) is 4.06. The minimum Gasteiger partial charge on any atom is -0.490 e. The van der Waals surface area contributed by atoms with Gasteiger partial charge < -0.3 is 14.8 Å². The van der Waals surface area contributed by atoms with Crippen LogP contribution in [0.4, 0.5) is 5.69 Å². The molecular weight excluding hydrogens is 316 g/mol. The molecular formula is C16H22N2O6. The molecule has 0 heterocycles. The average Bonchev–Trinajstić information content (AvgIpc) is 2.57. The number of nitrogens with zero attached hydrogens (tertiary/aromatic N) is 1. The second-order valence-corrected chi connectivity index (χ2v) is 5.02. The zero-order chi connectivity index (χ0) is 17.9. The van der Waals surface area contributed by atoms with E-state index in [2.05, 4.69) is 5.32 Å². The zero-order valence-corrected chi connectivity index (χ0v) is 13.9. The molecule has 1 aromatic rings. The van der Waals surface area contributed by atoms with Crippen LogP contribution in [0.25, 0.3) is 0 Å². The van der Waals surface area contributed by atoms with Crippen LogP contribution in [-0.2, 0) is 9.53 Å². The molecule has 1 amide bonds. The molecule has 0 aliphatic heterocycles. The highest BCUT2D eigenvalue weighted by molar-refractivity contribution is 5.95. The lowest BCUT2D eigenvalue weighted by atomic mass is 10.1. The van der Waals surface area contributed by atoms with Gasteiger partial charge in [0.25, 0.3) is 5.91 Å². The molecule has 8 heteroatoms. The maximum atomic E-state index is 12.0. The number of unbranched alkanes of at least 4 members (excludes halogenated alkanes) is 2. The topological polar surface area (TPSA) is 108 Å². The Morgan fingerprint density at radius 2 is 2.00 bits per heavy atom. The van der Waals surface area contributed by atoms with Crippen molar-refractivity contribution in [2.75, 3.05) is 20.3 Å². The van der Waals surface area contributed by atoms with Gasteiger partial charge in [0.05, 0.1) is 18.6 Å². The van der Waals surface area contributed by atoms with Gasteiger partial charge in [0.1, 0.15) is 0 Å². The Morgan fingerprint density at radius 1 is 1.25 bits per heavy atom. The van der Waals surface area contributed by atoms with E-state index in [9.17, 15) is 19.7 Å². The van der Waals surface area contributed by atoms with Crippen LogP contribution in [0.15, 0.2) is 18.2 Å². The van der Waals surface area contributed by atoms with Gasteiger partial charge in [0.2, 0.25) is 0 Å². The lowest BCUT2D eigenvalue weighted by Gasteiger charge is -2.07. The number of nitrogens with one attached hydrogen (secondary N) is 1. The number of carbonyl (C=O) groups excluding carboxylic acids is 2. The number of ether oxygens (including phenoxy) is 2. The summed E-state index contributed by atoms with van der Waals surface area (Å²) in [7, 11) is 1.33. The molecule has 1 N–H and O–H groups in total. The first-order valence-corrected chi connectivity index (χ1v) is 7.75. The van der Waals surface area contributed by atoms with Gasteiger partial charge in [-0.3, -0.25) is 19.7 Å². The fourth-order valence-electron chi connectivity index (χ4n) is 2.08. The first-order chi connectivity index (χ1) is 11.5. The number of hydrogen-bond acceptors (Lipinski definition) is 6. The molecule has 0 radical (unpaired) electrons. The molecule has 0 fully saturated rings. The third kappa shape index (κ3) is 6.23. The van der Waals surface area contributed by atoms with Crippen LogP contribution in [0.1, 0.15) is 43.0 Å². The van der Waals surface area contributed by atoms with Gasteiger partial charge in [-0.1, -0.05) is 6.42 Å². The normalized spacial score (nSPS) is 10.1. The Morgan fingerprint density at radius 3 is 2.62 bits per heavy atom. The largest absolute Gasteiger partial charge is 0.490 e. The number of hydrogen-bond donors (Lipinski definition) is 1. The van der Waals surface area contributed by atoms with E-state index in [0.717, 1.165) is 6.42 Å². The van der Waals surface area contributed by atoms with Crippen LogP contribution >= 0.6 is 0 Å². The summed E-state index contributed by atoms with van der Waals surface area (Å²) >= 11 is 0. The highest BCUT2D eigenvalue weighted by Crippen LogP contribution is 2.27. The molecule has 0 unspecified atom stereocenters. The van der Waals surface area contributed by atoms with Crippen molar-refractivity contribution in [2.45, 2.75) is 32.6 Å². The minimum absolute atomic E-state index is 0.107. The van der Waals surface area contributed by atoms with E-state index in [1.165, 1.54) is 25.3 Å². The highest BCUT2D eigenvalue weighted by Gasteiger charge is 2.17. The monoisotopic (exact) mass is 338 g/mol. The Labute approximate surface area is 140 Å². The SMILES string of the molecule is CCOC(=O)CCCCCNC(=O)c1ccc(OC)c([N+](=O)[O-])c1. The van der Waals surface area contributed by atoms with Gasteiger partial charge in [-0.05, 0) is 31.9 Å². The molecule has 0 atom stereocenters. The van der Waals surface area contributed by atoms with Crippen LogP contribution < -0.4 is 10.1 Å². The second kappa shape index (κ2) is 10.2. The molecule has 1 rings (SSSR count). The standard InChI is InChI=1S/C16H22N2O6/c1-3-24-15(19)7-5-4-6-10-17-16(20)12-8-9-14(23-2)13(11-12)18(21)22/h8-9,11H,3-7,10H2,1-2H3,(H,17,20). The molecule has 1 aromatic carbocycles. The van der Waals surface area contributed by atoms with Crippen LogP contribution in [0.2, 0.25) is 0 Å². The molecule has 132 valence electrons. The van der Waals surface area contributed by atoms with Crippen molar-refractivity contribution in [3.8, 4) is 5.75 Å². The van der Waals surface area contributed by atoms with E-state index in [-0.39, 0.29) is 28.9 Å². The van der Waals surface area contributed by atoms with Crippen molar-refractivity contribution in [2.24, 2.45) is 0 Å². The number of nitro benzene ring substituents is 1. The predicted octanol–water partition coefficient (Wildman–Crippen LogP) is 2.46. The number of benzene rings is 1. The Hall–Kier alpha value is -2.64. The Kier molecular flexibility index (Phi) is 8.24. The summed E-state index contributed by atoms with van der Waals surface area (Å²) in [5.41, 5.74) is -0.0476. The summed E-state index contributed by atoms with van der Waals surface area (Å²) < 4.78 is 9.71. The summed E-state index contributed by atoms with van der Waals surface area (Å²) in [6.07, 6.45) is 2.56. The number of nitro groups is 1. The number of rotatable bonds is 10. The first kappa shape index (κ1) is 19.4. The quantitative estimate of drug-likeness (QED) is 0.304. The predicted molar refractivity (Wildman–Crippen MR) is 87.1 cm³/mol. The summed E-state index contributed by atoms with van der Waals surface area (Å²) in [5.74, 6) is -0.492. The molecule has 24 heavy (non-hydrogen) atoms. The number of carbonyl (C=O) groups is 2. The minimum atomic E-state index is -0.592. The highest BCUT2D eigenvalue weighted by atomic mass is 16.6. The van der Waals surface area contributed by atoms with E-state index in [4.69, 9.17) is 9.47 Å². The number of amides is 1. The molecule has 0 aliphatic rings. The van der Waals surface area contributed by atoms with Crippen molar-refractivity contribution in [3.05, 3.63) is 33.9 Å². The lowest BCUT2D eigenvalue weighted by molar-refractivity contribution is -0.385. The summed E-state index contributed by atoms with van der Waals surface area (Å²) in [6.45, 7) is 2.57. The van der Waals surface area contributed by atoms with Crippen molar-refractivity contribution in [1.82, 2.24) is 5.32 Å². The summed E-state index contributed by atoms with van der Waals surface area (Å²) in [5, 5.41) is 13.6. The van der Waals surface area contributed by atoms with Crippen molar-refractivity contribution in [3.63, 3.8) is 0 Å². The van der Waals surface area contributed by atoms with E-state index >= 15 is 0 Å². The van der Waals surface area contributed by atoms with Crippen LogP contribution in [0.5, 0.6) is 5.75 Å². The van der Waals surface area contributed by atoms with Crippen LogP contribution in [0.3, 0.4) is 0 Å². The van der Waals surface area contributed by atoms with Crippen molar-refractivity contribution in [1.29, 1.82) is 0 Å². The van der Waals surface area contributed by atoms with Crippen LogP contribution in [-0.4, -0.2) is 37.1 Å². The van der Waals surface area contributed by atoms with Gasteiger partial charge in [0, 0.05) is 24.6 Å². The molecule has 0 saturated heterocycles. The third-order valence-electron chi connectivity index (χ3n) is 3.29. The zero-order valence-electron chi connectivity index (χ0n) is 13.9. The average molecular weight is 338 g/mol. The van der Waals surface area contributed by atoms with Gasteiger partial charge in [-0.25, -0.2) is 0 Å². The first-order valence-electron chi connectivity index (χ1n) is 7.75. The number of esters is 1. The molecule has 0 spiro atoms.